The molecule has 0 fully saturated rings. The monoisotopic (exact) mass is 393 g/mol. The number of amides is 1. The van der Waals surface area contributed by atoms with E-state index in [0.29, 0.717) is 19.0 Å². The Morgan fingerprint density at radius 3 is 2.93 bits per heavy atom. The van der Waals surface area contributed by atoms with Crippen molar-refractivity contribution in [1.29, 1.82) is 0 Å². The molecule has 5 rings (SSSR count). The summed E-state index contributed by atoms with van der Waals surface area (Å²) in [7, 11) is 0. The lowest BCUT2D eigenvalue weighted by molar-refractivity contribution is -0.132. The maximum Gasteiger partial charge on any atom is 0.262 e. The summed E-state index contributed by atoms with van der Waals surface area (Å²) in [6.07, 6.45) is 5.49. The van der Waals surface area contributed by atoms with Gasteiger partial charge in [0.05, 0.1) is 11.7 Å². The smallest absolute Gasteiger partial charge is 0.262 e. The van der Waals surface area contributed by atoms with Crippen LogP contribution in [0.3, 0.4) is 0 Å². The minimum Gasteiger partial charge on any atom is -0.336 e. The highest BCUT2D eigenvalue weighted by Gasteiger charge is 2.25. The zero-order valence-electron chi connectivity index (χ0n) is 16.0. The third-order valence-electron chi connectivity index (χ3n) is 6.07. The van der Waals surface area contributed by atoms with E-state index in [0.717, 1.165) is 35.9 Å². The Bertz CT molecular complexity index is 1130. The molecule has 2 aromatic heterocycles. The molecule has 0 saturated heterocycles. The fourth-order valence-electron chi connectivity index (χ4n) is 4.43. The normalized spacial score (nSPS) is 18.8. The van der Waals surface area contributed by atoms with E-state index in [1.165, 1.54) is 26.1 Å². The fourth-order valence-corrected chi connectivity index (χ4v) is 5.77. The van der Waals surface area contributed by atoms with Crippen LogP contribution in [0.25, 0.3) is 10.2 Å². The molecule has 5 nitrogen and oxygen atoms in total. The Morgan fingerprint density at radius 1 is 1.25 bits per heavy atom. The molecule has 0 saturated carbocycles. The summed E-state index contributed by atoms with van der Waals surface area (Å²) in [6, 6.07) is 8.25. The molecule has 28 heavy (non-hydrogen) atoms. The predicted molar refractivity (Wildman–Crippen MR) is 111 cm³/mol. The van der Waals surface area contributed by atoms with E-state index < -0.39 is 0 Å². The van der Waals surface area contributed by atoms with Crippen LogP contribution in [-0.4, -0.2) is 26.9 Å². The lowest BCUT2D eigenvalue weighted by Gasteiger charge is -2.29. The summed E-state index contributed by atoms with van der Waals surface area (Å²) in [6.45, 7) is 3.64. The molecule has 3 aromatic rings. The SMILES string of the molecule is C[C@@H]1CCc2c(sc3ncn(CC(=O)N4CCc5ccccc5C4)c(=O)c23)C1. The minimum atomic E-state index is -0.0668. The average molecular weight is 394 g/mol. The molecule has 1 aromatic carbocycles. The maximum atomic E-state index is 13.1. The molecule has 1 aliphatic heterocycles. The molecule has 1 aliphatic carbocycles. The van der Waals surface area contributed by atoms with Gasteiger partial charge in [-0.2, -0.15) is 0 Å². The zero-order valence-corrected chi connectivity index (χ0v) is 16.8. The van der Waals surface area contributed by atoms with Crippen LogP contribution < -0.4 is 5.56 Å². The quantitative estimate of drug-likeness (QED) is 0.672. The van der Waals surface area contributed by atoms with E-state index in [2.05, 4.69) is 24.0 Å². The number of nitrogens with zero attached hydrogens (tertiary/aromatic N) is 3. The van der Waals surface area contributed by atoms with E-state index in [9.17, 15) is 9.59 Å². The van der Waals surface area contributed by atoms with Gasteiger partial charge >= 0.3 is 0 Å². The number of carbonyl (C=O) groups is 1. The Hall–Kier alpha value is -2.47. The van der Waals surface area contributed by atoms with E-state index in [1.54, 1.807) is 17.7 Å². The molecule has 3 heterocycles. The zero-order chi connectivity index (χ0) is 19.3. The molecule has 0 radical (unpaired) electrons. The van der Waals surface area contributed by atoms with Gasteiger partial charge in [0.2, 0.25) is 5.91 Å². The molecule has 1 atom stereocenters. The van der Waals surface area contributed by atoms with Gasteiger partial charge in [-0.1, -0.05) is 31.2 Å². The van der Waals surface area contributed by atoms with Gasteiger partial charge in [0.15, 0.2) is 0 Å². The summed E-state index contributed by atoms with van der Waals surface area (Å²) >= 11 is 1.65. The third-order valence-corrected chi connectivity index (χ3v) is 7.23. The van der Waals surface area contributed by atoms with Gasteiger partial charge in [-0.05, 0) is 48.3 Å². The van der Waals surface area contributed by atoms with Crippen LogP contribution in [0, 0.1) is 5.92 Å². The second-order valence-corrected chi connectivity index (χ2v) is 9.13. The first-order chi connectivity index (χ1) is 13.6. The summed E-state index contributed by atoms with van der Waals surface area (Å²) in [5, 5.41) is 0.742. The molecule has 0 bridgehead atoms. The number of aryl methyl sites for hydroxylation is 1. The number of aromatic nitrogens is 2. The van der Waals surface area contributed by atoms with E-state index in [4.69, 9.17) is 0 Å². The Morgan fingerprint density at radius 2 is 2.07 bits per heavy atom. The molecule has 0 unspecified atom stereocenters. The van der Waals surface area contributed by atoms with Gasteiger partial charge in [-0.25, -0.2) is 4.98 Å². The Kier molecular flexibility index (Phi) is 4.31. The van der Waals surface area contributed by atoms with Crippen LogP contribution in [0.15, 0.2) is 35.4 Å². The number of thiophene rings is 1. The van der Waals surface area contributed by atoms with Crippen molar-refractivity contribution >= 4 is 27.5 Å². The number of rotatable bonds is 2. The molecular weight excluding hydrogens is 370 g/mol. The highest BCUT2D eigenvalue weighted by Crippen LogP contribution is 2.35. The average Bonchev–Trinajstić information content (AvgIpc) is 3.07. The van der Waals surface area contributed by atoms with Gasteiger partial charge < -0.3 is 4.90 Å². The molecule has 144 valence electrons. The van der Waals surface area contributed by atoms with Gasteiger partial charge in [-0.15, -0.1) is 11.3 Å². The van der Waals surface area contributed by atoms with E-state index >= 15 is 0 Å². The first-order valence-electron chi connectivity index (χ1n) is 9.94. The number of carbonyl (C=O) groups excluding carboxylic acids is 1. The largest absolute Gasteiger partial charge is 0.336 e. The molecule has 0 spiro atoms. The molecule has 1 amide bonds. The highest BCUT2D eigenvalue weighted by atomic mass is 32.1. The molecule has 2 aliphatic rings. The Balaban J connectivity index is 1.42. The Labute approximate surface area is 167 Å². The lowest BCUT2D eigenvalue weighted by atomic mass is 9.89. The number of hydrogen-bond acceptors (Lipinski definition) is 4. The van der Waals surface area contributed by atoms with E-state index in [1.807, 2.05) is 17.0 Å². The lowest BCUT2D eigenvalue weighted by Crippen LogP contribution is -2.39. The van der Waals surface area contributed by atoms with Gasteiger partial charge in [0, 0.05) is 18.0 Å². The van der Waals surface area contributed by atoms with Crippen molar-refractivity contribution < 1.29 is 4.79 Å². The van der Waals surface area contributed by atoms with Gasteiger partial charge in [0.1, 0.15) is 11.4 Å². The van der Waals surface area contributed by atoms with Crippen molar-refractivity contribution in [2.24, 2.45) is 5.92 Å². The summed E-state index contributed by atoms with van der Waals surface area (Å²) < 4.78 is 1.50. The highest BCUT2D eigenvalue weighted by molar-refractivity contribution is 7.18. The fraction of sp³-hybridized carbons (Fsp3) is 0.409. The van der Waals surface area contributed by atoms with Crippen molar-refractivity contribution in [2.75, 3.05) is 6.54 Å². The van der Waals surface area contributed by atoms with Crippen LogP contribution >= 0.6 is 11.3 Å². The summed E-state index contributed by atoms with van der Waals surface area (Å²) in [4.78, 5) is 34.5. The molecule has 6 heteroatoms. The van der Waals surface area contributed by atoms with Gasteiger partial charge in [0.25, 0.3) is 5.56 Å². The standard InChI is InChI=1S/C22H23N3O2S/c1-14-6-7-17-18(10-14)28-21-20(17)22(27)25(13-23-21)12-19(26)24-9-8-15-4-2-3-5-16(15)11-24/h2-5,13-14H,6-12H2,1H3/t14-/m1/s1. The van der Waals surface area contributed by atoms with Gasteiger partial charge in [-0.3, -0.25) is 14.2 Å². The maximum absolute atomic E-state index is 13.1. The van der Waals surface area contributed by atoms with E-state index in [-0.39, 0.29) is 18.0 Å². The van der Waals surface area contributed by atoms with Crippen molar-refractivity contribution in [3.8, 4) is 0 Å². The molecular formula is C22H23N3O2S. The number of fused-ring (bicyclic) bond motifs is 4. The third kappa shape index (κ3) is 2.96. The van der Waals surface area contributed by atoms with Crippen molar-refractivity contribution in [1.82, 2.24) is 14.5 Å². The first-order valence-corrected chi connectivity index (χ1v) is 10.8. The van der Waals surface area contributed by atoms with Crippen molar-refractivity contribution in [3.05, 3.63) is 62.5 Å². The predicted octanol–water partition coefficient (Wildman–Crippen LogP) is 3.17. The number of benzene rings is 1. The first kappa shape index (κ1) is 17.6. The minimum absolute atomic E-state index is 0.0181. The van der Waals surface area contributed by atoms with Crippen LogP contribution in [0.4, 0.5) is 0 Å². The van der Waals surface area contributed by atoms with Crippen molar-refractivity contribution in [2.45, 2.75) is 45.7 Å². The second-order valence-electron chi connectivity index (χ2n) is 8.04. The van der Waals surface area contributed by atoms with Crippen molar-refractivity contribution in [3.63, 3.8) is 0 Å². The summed E-state index contributed by atoms with van der Waals surface area (Å²) in [5.74, 6) is 0.641. The topological polar surface area (TPSA) is 55.2 Å². The van der Waals surface area contributed by atoms with Crippen LogP contribution in [0.5, 0.6) is 0 Å². The van der Waals surface area contributed by atoms with Crippen LogP contribution in [0.1, 0.15) is 34.9 Å². The summed E-state index contributed by atoms with van der Waals surface area (Å²) in [5.41, 5.74) is 3.61. The second kappa shape index (κ2) is 6.85. The van der Waals surface area contributed by atoms with Crippen LogP contribution in [0.2, 0.25) is 0 Å². The van der Waals surface area contributed by atoms with Crippen LogP contribution in [-0.2, 0) is 37.1 Å². The number of hydrogen-bond donors (Lipinski definition) is 0. The molecule has 0 N–H and O–H groups in total.